The summed E-state index contributed by atoms with van der Waals surface area (Å²) in [6.07, 6.45) is -13.2. The second-order valence-electron chi connectivity index (χ2n) is 12.2. The summed E-state index contributed by atoms with van der Waals surface area (Å²) in [6.45, 7) is 1.03. The number of carboxylic acids is 1. The minimum Gasteiger partial charge on any atom is -0.504 e. The molecule has 50 heavy (non-hydrogen) atoms. The van der Waals surface area contributed by atoms with Crippen molar-refractivity contribution in [2.24, 2.45) is 0 Å². The summed E-state index contributed by atoms with van der Waals surface area (Å²) in [5.74, 6) is -5.65. The predicted octanol–water partition coefficient (Wildman–Crippen LogP) is -2.52. The molecule has 0 amide bonds. The third-order valence-corrected chi connectivity index (χ3v) is 7.95. The molecule has 10 atom stereocenters. The van der Waals surface area contributed by atoms with Crippen molar-refractivity contribution in [3.8, 4) is 17.2 Å². The molecule has 1 saturated heterocycles. The van der Waals surface area contributed by atoms with E-state index in [4.69, 9.17) is 28.4 Å². The Hall–Kier alpha value is -4.08. The van der Waals surface area contributed by atoms with Crippen molar-refractivity contribution in [2.45, 2.75) is 99.8 Å². The summed E-state index contributed by atoms with van der Waals surface area (Å²) in [5.41, 5.74) is -4.26. The molecule has 19 heteroatoms. The molecule has 1 heterocycles. The standard InChI is InChI=1S/C31H42O19/c1-14(33)47-19-10-31(44,9-17(35)23(19)39)29(43)50-30(2,11-21(36)37)12-22(38)46-6-4-5-15-7-16(34)27(18(8-15)45-3)49-28-26(42)25(41)24(40)20(13-32)48-28/h4-5,7-8,17,19-20,23-26,28,32,34-35,39-42,44H,6,9-13H2,1-3H3,(H,36,37)/b5-4+/t17-,19-,20-,23-,24-,25+,26-,28+,30+,31+/m1/s1. The van der Waals surface area contributed by atoms with Crippen LogP contribution in [0, 0.1) is 0 Å². The van der Waals surface area contributed by atoms with Crippen molar-refractivity contribution >= 4 is 30.0 Å². The SMILES string of the molecule is COc1cc(/C=C/COC(=O)C[C@](C)(CC(=O)O)OC(=O)[C@]2(O)C[C@@H](O)[C@@H](O)[C@H](OC(C)=O)C2)cc(O)c1O[C@@H]1O[C@H](CO)[C@@H](O)[C@H](O)[C@H]1O. The van der Waals surface area contributed by atoms with Crippen LogP contribution in [0.25, 0.3) is 6.08 Å². The molecule has 1 aliphatic carbocycles. The second kappa shape index (κ2) is 16.8. The number of carbonyl (C=O) groups excluding carboxylic acids is 3. The fourth-order valence-electron chi connectivity index (χ4n) is 5.45. The highest BCUT2D eigenvalue weighted by Crippen LogP contribution is 2.40. The number of methoxy groups -OCH3 is 1. The van der Waals surface area contributed by atoms with Crippen LogP contribution in [0.3, 0.4) is 0 Å². The van der Waals surface area contributed by atoms with Gasteiger partial charge >= 0.3 is 23.9 Å². The van der Waals surface area contributed by atoms with Gasteiger partial charge in [0.1, 0.15) is 48.8 Å². The Kier molecular flexibility index (Phi) is 13.5. The fraction of sp³-hybridized carbons (Fsp3) is 0.613. The van der Waals surface area contributed by atoms with Gasteiger partial charge in [-0.3, -0.25) is 14.4 Å². The number of esters is 3. The normalized spacial score (nSPS) is 30.9. The molecular weight excluding hydrogens is 676 g/mol. The van der Waals surface area contributed by atoms with E-state index in [9.17, 15) is 65.1 Å². The fourth-order valence-corrected chi connectivity index (χ4v) is 5.45. The number of hydrogen-bond donors (Lipinski definition) is 9. The van der Waals surface area contributed by atoms with E-state index in [1.54, 1.807) is 0 Å². The zero-order valence-corrected chi connectivity index (χ0v) is 27.3. The Morgan fingerprint density at radius 3 is 2.30 bits per heavy atom. The molecule has 1 aliphatic heterocycles. The van der Waals surface area contributed by atoms with Gasteiger partial charge in [-0.05, 0) is 30.7 Å². The quantitative estimate of drug-likeness (QED) is 0.0708. The minimum atomic E-state index is -2.51. The summed E-state index contributed by atoms with van der Waals surface area (Å²) < 4.78 is 31.3. The molecular formula is C31H42O19. The first kappa shape index (κ1) is 40.4. The van der Waals surface area contributed by atoms with E-state index >= 15 is 0 Å². The van der Waals surface area contributed by atoms with Crippen LogP contribution in [0.5, 0.6) is 17.2 Å². The van der Waals surface area contributed by atoms with Crippen molar-refractivity contribution in [3.63, 3.8) is 0 Å². The lowest BCUT2D eigenvalue weighted by Gasteiger charge is -2.41. The Bertz CT molecular complexity index is 1410. The number of carbonyl (C=O) groups is 4. The van der Waals surface area contributed by atoms with Crippen molar-refractivity contribution in [3.05, 3.63) is 23.8 Å². The van der Waals surface area contributed by atoms with Crippen molar-refractivity contribution < 1.29 is 93.6 Å². The van der Waals surface area contributed by atoms with Gasteiger partial charge in [-0.1, -0.05) is 6.08 Å². The number of phenols is 1. The molecule has 0 unspecified atom stereocenters. The highest BCUT2D eigenvalue weighted by atomic mass is 16.7. The largest absolute Gasteiger partial charge is 0.504 e. The summed E-state index contributed by atoms with van der Waals surface area (Å²) >= 11 is 0. The van der Waals surface area contributed by atoms with Gasteiger partial charge in [0.15, 0.2) is 17.1 Å². The number of aromatic hydroxyl groups is 1. The minimum absolute atomic E-state index is 0.0642. The number of carboxylic acid groups (broad SMARTS) is 1. The average Bonchev–Trinajstić information content (AvgIpc) is 3.01. The Balaban J connectivity index is 1.65. The Labute approximate surface area is 284 Å². The van der Waals surface area contributed by atoms with Crippen molar-refractivity contribution in [1.29, 1.82) is 0 Å². The maximum absolute atomic E-state index is 13.0. The lowest BCUT2D eigenvalue weighted by atomic mass is 9.79. The third kappa shape index (κ3) is 10.0. The molecule has 2 aliphatic rings. The third-order valence-electron chi connectivity index (χ3n) is 7.95. The number of benzene rings is 1. The molecule has 280 valence electrons. The van der Waals surface area contributed by atoms with E-state index in [1.807, 2.05) is 0 Å². The topological polar surface area (TPSA) is 306 Å². The van der Waals surface area contributed by atoms with Gasteiger partial charge in [0.25, 0.3) is 0 Å². The van der Waals surface area contributed by atoms with Gasteiger partial charge in [0.2, 0.25) is 12.0 Å². The first-order chi connectivity index (χ1) is 23.3. The van der Waals surface area contributed by atoms with E-state index < -0.39 is 122 Å². The maximum Gasteiger partial charge on any atom is 0.338 e. The lowest BCUT2D eigenvalue weighted by molar-refractivity contribution is -0.277. The van der Waals surface area contributed by atoms with E-state index in [0.29, 0.717) is 5.56 Å². The van der Waals surface area contributed by atoms with Crippen molar-refractivity contribution in [1.82, 2.24) is 0 Å². The summed E-state index contributed by atoms with van der Waals surface area (Å²) in [6, 6.07) is 2.57. The monoisotopic (exact) mass is 718 g/mol. The molecule has 2 fully saturated rings. The summed E-state index contributed by atoms with van der Waals surface area (Å²) in [5, 5.41) is 90.8. The number of phenolic OH excluding ortho intramolecular Hbond substituents is 1. The number of hydrogen-bond acceptors (Lipinski definition) is 18. The van der Waals surface area contributed by atoms with E-state index in [1.165, 1.54) is 31.4 Å². The Morgan fingerprint density at radius 2 is 1.70 bits per heavy atom. The second-order valence-corrected chi connectivity index (χ2v) is 12.2. The molecule has 0 spiro atoms. The van der Waals surface area contributed by atoms with Crippen LogP contribution in [-0.2, 0) is 38.1 Å². The lowest BCUT2D eigenvalue weighted by Crippen LogP contribution is -2.60. The molecule has 1 aromatic carbocycles. The molecule has 1 saturated carbocycles. The number of aliphatic hydroxyl groups is 7. The van der Waals surface area contributed by atoms with Gasteiger partial charge in [-0.25, -0.2) is 4.79 Å². The van der Waals surface area contributed by atoms with Gasteiger partial charge in [0, 0.05) is 19.8 Å². The Morgan fingerprint density at radius 1 is 1.02 bits per heavy atom. The van der Waals surface area contributed by atoms with E-state index in [-0.39, 0.29) is 18.1 Å². The highest BCUT2D eigenvalue weighted by molar-refractivity contribution is 5.82. The summed E-state index contributed by atoms with van der Waals surface area (Å²) in [4.78, 5) is 48.7. The van der Waals surface area contributed by atoms with Crippen LogP contribution in [0.4, 0.5) is 0 Å². The first-order valence-electron chi connectivity index (χ1n) is 15.2. The average molecular weight is 719 g/mol. The van der Waals surface area contributed by atoms with Crippen LogP contribution >= 0.6 is 0 Å². The molecule has 9 N–H and O–H groups in total. The van der Waals surface area contributed by atoms with Crippen LogP contribution < -0.4 is 9.47 Å². The number of rotatable bonds is 14. The smallest absolute Gasteiger partial charge is 0.338 e. The molecule has 0 bridgehead atoms. The molecule has 3 rings (SSSR count). The maximum atomic E-state index is 13.0. The zero-order chi connectivity index (χ0) is 37.6. The number of aliphatic carboxylic acids is 1. The molecule has 0 aromatic heterocycles. The molecule has 1 aromatic rings. The van der Waals surface area contributed by atoms with Crippen molar-refractivity contribution in [2.75, 3.05) is 20.3 Å². The first-order valence-corrected chi connectivity index (χ1v) is 15.2. The van der Waals surface area contributed by atoms with Gasteiger partial charge in [0.05, 0.1) is 32.7 Å². The van der Waals surface area contributed by atoms with Crippen LogP contribution in [0.1, 0.15) is 45.1 Å². The van der Waals surface area contributed by atoms with Crippen LogP contribution in [0.2, 0.25) is 0 Å². The van der Waals surface area contributed by atoms with E-state index in [2.05, 4.69) is 0 Å². The highest BCUT2D eigenvalue weighted by Gasteiger charge is 2.53. The van der Waals surface area contributed by atoms with E-state index in [0.717, 1.165) is 13.8 Å². The van der Waals surface area contributed by atoms with Gasteiger partial charge in [-0.2, -0.15) is 0 Å². The molecule has 0 radical (unpaired) electrons. The van der Waals surface area contributed by atoms with Gasteiger partial charge < -0.3 is 74.4 Å². The zero-order valence-electron chi connectivity index (χ0n) is 27.3. The van der Waals surface area contributed by atoms with Crippen LogP contribution in [-0.4, -0.2) is 150 Å². The number of aliphatic hydroxyl groups excluding tert-OH is 6. The van der Waals surface area contributed by atoms with Gasteiger partial charge in [-0.15, -0.1) is 0 Å². The number of ether oxygens (including phenoxy) is 6. The van der Waals surface area contributed by atoms with Crippen LogP contribution in [0.15, 0.2) is 18.2 Å². The summed E-state index contributed by atoms with van der Waals surface area (Å²) in [7, 11) is 1.24. The molecule has 19 nitrogen and oxygen atoms in total. The predicted molar refractivity (Wildman–Crippen MR) is 162 cm³/mol.